The molecule has 0 aromatic heterocycles. The van der Waals surface area contributed by atoms with E-state index in [0.29, 0.717) is 13.2 Å². The third-order valence-electron chi connectivity index (χ3n) is 2.02. The summed E-state index contributed by atoms with van der Waals surface area (Å²) in [6.45, 7) is 5.20. The highest BCUT2D eigenvalue weighted by Gasteiger charge is 2.04. The van der Waals surface area contributed by atoms with Crippen molar-refractivity contribution in [1.82, 2.24) is 0 Å². The van der Waals surface area contributed by atoms with Crippen molar-refractivity contribution < 1.29 is 9.47 Å². The van der Waals surface area contributed by atoms with Gasteiger partial charge in [0, 0.05) is 12.2 Å². The lowest BCUT2D eigenvalue weighted by molar-refractivity contribution is 0.0275. The second-order valence-electron chi connectivity index (χ2n) is 3.48. The Bertz CT molecular complexity index is 367. The summed E-state index contributed by atoms with van der Waals surface area (Å²) in [4.78, 5) is 0. The molecule has 0 bridgehead atoms. The second kappa shape index (κ2) is 8.51. The summed E-state index contributed by atoms with van der Waals surface area (Å²) >= 11 is 2.22. The molecule has 0 radical (unpaired) electrons. The predicted molar refractivity (Wildman–Crippen MR) is 78.2 cm³/mol. The van der Waals surface area contributed by atoms with E-state index >= 15 is 0 Å². The van der Waals surface area contributed by atoms with E-state index in [1.807, 2.05) is 44.2 Å². The first kappa shape index (κ1) is 14.5. The number of hydrogen-bond acceptors (Lipinski definition) is 2. The largest absolute Gasteiger partial charge is 0.366 e. The van der Waals surface area contributed by atoms with Crippen molar-refractivity contribution in [2.24, 2.45) is 0 Å². The van der Waals surface area contributed by atoms with Crippen LogP contribution in [0.25, 0.3) is 0 Å². The minimum Gasteiger partial charge on any atom is -0.366 e. The van der Waals surface area contributed by atoms with Gasteiger partial charge in [0.25, 0.3) is 0 Å². The molecule has 0 amide bonds. The molecule has 0 aliphatic heterocycles. The van der Waals surface area contributed by atoms with Crippen molar-refractivity contribution in [2.75, 3.05) is 13.2 Å². The van der Waals surface area contributed by atoms with Crippen LogP contribution in [0.1, 0.15) is 19.4 Å². The van der Waals surface area contributed by atoms with Gasteiger partial charge in [-0.3, -0.25) is 0 Å². The van der Waals surface area contributed by atoms with E-state index in [4.69, 9.17) is 9.47 Å². The molecule has 1 aromatic rings. The zero-order valence-corrected chi connectivity index (χ0v) is 12.3. The topological polar surface area (TPSA) is 18.5 Å². The third kappa shape index (κ3) is 6.67. The summed E-state index contributed by atoms with van der Waals surface area (Å²) in [5, 5.41) is 0. The average Bonchev–Trinajstić information content (AvgIpc) is 2.35. The molecule has 2 atom stereocenters. The fourth-order valence-corrected chi connectivity index (χ4v) is 1.76. The summed E-state index contributed by atoms with van der Waals surface area (Å²) in [7, 11) is 0. The highest BCUT2D eigenvalue weighted by atomic mass is 127. The zero-order valence-electron chi connectivity index (χ0n) is 10.2. The van der Waals surface area contributed by atoms with E-state index in [-0.39, 0.29) is 10.2 Å². The molecule has 0 spiro atoms. The molecule has 1 rings (SSSR count). The fourth-order valence-electron chi connectivity index (χ4n) is 1.20. The Labute approximate surface area is 117 Å². The lowest BCUT2D eigenvalue weighted by Gasteiger charge is -2.12. The summed E-state index contributed by atoms with van der Waals surface area (Å²) in [5.74, 6) is 6.15. The van der Waals surface area contributed by atoms with Crippen LogP contribution in [0.15, 0.2) is 30.3 Å². The zero-order chi connectivity index (χ0) is 12.5. The van der Waals surface area contributed by atoms with E-state index in [2.05, 4.69) is 34.4 Å². The quantitative estimate of drug-likeness (QED) is 0.464. The maximum atomic E-state index is 5.57. The Hall–Kier alpha value is -0.570. The van der Waals surface area contributed by atoms with E-state index in [1.54, 1.807) is 0 Å². The molecule has 0 saturated heterocycles. The Morgan fingerprint density at radius 1 is 1.24 bits per heavy atom. The van der Waals surface area contributed by atoms with Crippen molar-refractivity contribution in [3.05, 3.63) is 35.9 Å². The number of rotatable bonds is 5. The average molecular weight is 344 g/mol. The van der Waals surface area contributed by atoms with Crippen LogP contribution >= 0.6 is 22.6 Å². The van der Waals surface area contributed by atoms with Gasteiger partial charge in [0.1, 0.15) is 10.2 Å². The smallest absolute Gasteiger partial charge is 0.132 e. The lowest BCUT2D eigenvalue weighted by Crippen LogP contribution is -2.16. The SMILES string of the molecule is CCOC(I)COC(C)C#Cc1ccccc1. The monoisotopic (exact) mass is 344 g/mol. The number of alkyl halides is 1. The molecule has 0 aliphatic carbocycles. The Kier molecular flexibility index (Phi) is 7.25. The van der Waals surface area contributed by atoms with Gasteiger partial charge in [0.15, 0.2) is 0 Å². The number of hydrogen-bond donors (Lipinski definition) is 0. The highest BCUT2D eigenvalue weighted by Crippen LogP contribution is 2.04. The predicted octanol–water partition coefficient (Wildman–Crippen LogP) is 3.24. The van der Waals surface area contributed by atoms with Crippen LogP contribution < -0.4 is 0 Å². The summed E-state index contributed by atoms with van der Waals surface area (Å²) in [6.07, 6.45) is -0.0760. The Balaban J connectivity index is 2.35. The van der Waals surface area contributed by atoms with Gasteiger partial charge in [0.2, 0.25) is 0 Å². The van der Waals surface area contributed by atoms with Gasteiger partial charge in [-0.25, -0.2) is 0 Å². The van der Waals surface area contributed by atoms with Gasteiger partial charge >= 0.3 is 0 Å². The van der Waals surface area contributed by atoms with E-state index in [1.165, 1.54) is 0 Å². The summed E-state index contributed by atoms with van der Waals surface area (Å²) in [6, 6.07) is 9.91. The van der Waals surface area contributed by atoms with Gasteiger partial charge in [-0.05, 0) is 48.6 Å². The minimum atomic E-state index is -0.0760. The molecular weight excluding hydrogens is 327 g/mol. The van der Waals surface area contributed by atoms with Crippen LogP contribution in [0.5, 0.6) is 0 Å². The first-order chi connectivity index (χ1) is 8.22. The molecule has 0 heterocycles. The molecule has 17 heavy (non-hydrogen) atoms. The minimum absolute atomic E-state index is 0.0760. The Morgan fingerprint density at radius 2 is 1.94 bits per heavy atom. The van der Waals surface area contributed by atoms with E-state index in [9.17, 15) is 0 Å². The van der Waals surface area contributed by atoms with Gasteiger partial charge in [0.05, 0.1) is 6.61 Å². The second-order valence-corrected chi connectivity index (χ2v) is 4.87. The normalized spacial score (nSPS) is 13.6. The van der Waals surface area contributed by atoms with Crippen LogP contribution in [-0.4, -0.2) is 23.4 Å². The first-order valence-corrected chi connectivity index (χ1v) is 6.90. The molecular formula is C14H17IO2. The maximum Gasteiger partial charge on any atom is 0.132 e. The number of halogens is 1. The van der Waals surface area contributed by atoms with Crippen molar-refractivity contribution in [3.8, 4) is 11.8 Å². The number of benzene rings is 1. The first-order valence-electron chi connectivity index (χ1n) is 5.66. The van der Waals surface area contributed by atoms with Crippen molar-refractivity contribution in [1.29, 1.82) is 0 Å². The molecule has 1 aromatic carbocycles. The fraction of sp³-hybridized carbons (Fsp3) is 0.429. The van der Waals surface area contributed by atoms with Crippen LogP contribution in [0, 0.1) is 11.8 Å². The third-order valence-corrected chi connectivity index (χ3v) is 2.74. The van der Waals surface area contributed by atoms with Crippen LogP contribution in [-0.2, 0) is 9.47 Å². The molecule has 0 fully saturated rings. The molecule has 0 aliphatic rings. The Morgan fingerprint density at radius 3 is 2.59 bits per heavy atom. The lowest BCUT2D eigenvalue weighted by atomic mass is 10.2. The van der Waals surface area contributed by atoms with Crippen molar-refractivity contribution in [2.45, 2.75) is 24.1 Å². The van der Waals surface area contributed by atoms with E-state index < -0.39 is 0 Å². The number of ether oxygens (including phenoxy) is 2. The molecule has 3 heteroatoms. The molecule has 0 saturated carbocycles. The molecule has 2 nitrogen and oxygen atoms in total. The molecule has 92 valence electrons. The van der Waals surface area contributed by atoms with Crippen molar-refractivity contribution >= 4 is 22.6 Å². The summed E-state index contributed by atoms with van der Waals surface area (Å²) < 4.78 is 11.0. The molecule has 0 N–H and O–H groups in total. The van der Waals surface area contributed by atoms with Crippen LogP contribution in [0.2, 0.25) is 0 Å². The van der Waals surface area contributed by atoms with Gasteiger partial charge < -0.3 is 9.47 Å². The van der Waals surface area contributed by atoms with Crippen LogP contribution in [0.4, 0.5) is 0 Å². The van der Waals surface area contributed by atoms with Gasteiger partial charge in [-0.15, -0.1) is 0 Å². The van der Waals surface area contributed by atoms with Gasteiger partial charge in [-0.1, -0.05) is 30.0 Å². The maximum absolute atomic E-state index is 5.57. The van der Waals surface area contributed by atoms with Crippen molar-refractivity contribution in [3.63, 3.8) is 0 Å². The van der Waals surface area contributed by atoms with E-state index in [0.717, 1.165) is 5.56 Å². The standard InChI is InChI=1S/C14H17IO2/c1-3-16-14(15)11-17-12(2)9-10-13-7-5-4-6-8-13/h4-8,12,14H,3,11H2,1-2H3. The molecule has 2 unspecified atom stereocenters. The van der Waals surface area contributed by atoms with Crippen LogP contribution in [0.3, 0.4) is 0 Å². The highest BCUT2D eigenvalue weighted by molar-refractivity contribution is 14.1. The van der Waals surface area contributed by atoms with Gasteiger partial charge in [-0.2, -0.15) is 0 Å². The summed E-state index contributed by atoms with van der Waals surface area (Å²) in [5.41, 5.74) is 1.01.